The van der Waals surface area contributed by atoms with Crippen LogP contribution in [0.15, 0.2) is 46.3 Å². The molecular formula is C15H13ClN2OS2. The van der Waals surface area contributed by atoms with E-state index in [9.17, 15) is 4.79 Å². The molecule has 0 N–H and O–H groups in total. The van der Waals surface area contributed by atoms with E-state index in [1.807, 2.05) is 43.3 Å². The molecule has 3 rings (SSSR count). The molecule has 3 nitrogen and oxygen atoms in total. The van der Waals surface area contributed by atoms with E-state index in [4.69, 9.17) is 11.6 Å². The summed E-state index contributed by atoms with van der Waals surface area (Å²) in [6.07, 6.45) is 0. The number of nitrogens with zero attached hydrogens (tertiary/aromatic N) is 2. The van der Waals surface area contributed by atoms with Crippen molar-refractivity contribution in [3.63, 3.8) is 0 Å². The van der Waals surface area contributed by atoms with Gasteiger partial charge in [-0.05, 0) is 31.2 Å². The van der Waals surface area contributed by atoms with Crippen LogP contribution in [-0.2, 0) is 12.3 Å². The van der Waals surface area contributed by atoms with Gasteiger partial charge in [0.25, 0.3) is 5.56 Å². The molecule has 0 saturated heterocycles. The number of thioether (sulfide) groups is 1. The zero-order valence-electron chi connectivity index (χ0n) is 11.4. The van der Waals surface area contributed by atoms with Crippen LogP contribution < -0.4 is 5.56 Å². The van der Waals surface area contributed by atoms with Gasteiger partial charge in [0, 0.05) is 17.2 Å². The molecule has 0 unspecified atom stereocenters. The molecule has 0 atom stereocenters. The lowest BCUT2D eigenvalue weighted by Gasteiger charge is -2.10. The van der Waals surface area contributed by atoms with Crippen LogP contribution in [0.5, 0.6) is 0 Å². The summed E-state index contributed by atoms with van der Waals surface area (Å²) in [5.74, 6) is 0.766. The van der Waals surface area contributed by atoms with Gasteiger partial charge in [-0.25, -0.2) is 4.98 Å². The van der Waals surface area contributed by atoms with E-state index < -0.39 is 0 Å². The Labute approximate surface area is 135 Å². The van der Waals surface area contributed by atoms with Crippen molar-refractivity contribution in [3.05, 3.63) is 56.0 Å². The second-order valence-corrected chi connectivity index (χ2v) is 7.20. The maximum Gasteiger partial charge on any atom is 0.262 e. The van der Waals surface area contributed by atoms with Gasteiger partial charge in [-0.2, -0.15) is 0 Å². The summed E-state index contributed by atoms with van der Waals surface area (Å²) in [7, 11) is 0. The van der Waals surface area contributed by atoms with E-state index in [0.717, 1.165) is 20.8 Å². The van der Waals surface area contributed by atoms with Gasteiger partial charge in [-0.3, -0.25) is 9.36 Å². The molecule has 2 heterocycles. The summed E-state index contributed by atoms with van der Waals surface area (Å²) in [4.78, 5) is 18.3. The molecule has 0 radical (unpaired) electrons. The van der Waals surface area contributed by atoms with Gasteiger partial charge in [-0.1, -0.05) is 35.5 Å². The Balaban J connectivity index is 1.99. The molecule has 0 fully saturated rings. The third-order valence-corrected chi connectivity index (χ3v) is 5.55. The van der Waals surface area contributed by atoms with Crippen molar-refractivity contribution < 1.29 is 0 Å². The molecule has 2 aromatic heterocycles. The third kappa shape index (κ3) is 3.00. The van der Waals surface area contributed by atoms with Crippen molar-refractivity contribution in [1.29, 1.82) is 0 Å². The Bertz CT molecular complexity index is 841. The number of hydrogen-bond acceptors (Lipinski definition) is 4. The highest BCUT2D eigenvalue weighted by Gasteiger charge is 2.10. The molecule has 21 heavy (non-hydrogen) atoms. The van der Waals surface area contributed by atoms with Gasteiger partial charge in [0.2, 0.25) is 0 Å². The van der Waals surface area contributed by atoms with Crippen molar-refractivity contribution in [2.24, 2.45) is 0 Å². The van der Waals surface area contributed by atoms with E-state index in [-0.39, 0.29) is 5.56 Å². The lowest BCUT2D eigenvalue weighted by Crippen LogP contribution is -2.22. The quantitative estimate of drug-likeness (QED) is 0.522. The van der Waals surface area contributed by atoms with Gasteiger partial charge in [-0.15, -0.1) is 11.3 Å². The van der Waals surface area contributed by atoms with Crippen LogP contribution in [0.3, 0.4) is 0 Å². The number of fused-ring (bicyclic) bond motifs is 1. The topological polar surface area (TPSA) is 34.9 Å². The van der Waals surface area contributed by atoms with Gasteiger partial charge >= 0.3 is 0 Å². The Morgan fingerprint density at radius 2 is 2.10 bits per heavy atom. The predicted octanol–water partition coefficient (Wildman–Crippen LogP) is 4.42. The number of benzene rings is 1. The smallest absolute Gasteiger partial charge is 0.262 e. The van der Waals surface area contributed by atoms with Gasteiger partial charge in [0.1, 0.15) is 0 Å². The second-order valence-electron chi connectivity index (χ2n) is 4.46. The van der Waals surface area contributed by atoms with E-state index in [1.165, 1.54) is 4.88 Å². The van der Waals surface area contributed by atoms with Crippen LogP contribution in [0, 0.1) is 0 Å². The minimum atomic E-state index is 0.0230. The number of rotatable bonds is 4. The summed E-state index contributed by atoms with van der Waals surface area (Å²) < 4.78 is 2.51. The number of hydrogen-bond donors (Lipinski definition) is 0. The van der Waals surface area contributed by atoms with Crippen molar-refractivity contribution in [1.82, 2.24) is 9.55 Å². The van der Waals surface area contributed by atoms with Crippen molar-refractivity contribution in [2.75, 3.05) is 0 Å². The molecule has 1 aromatic carbocycles. The monoisotopic (exact) mass is 336 g/mol. The van der Waals surface area contributed by atoms with Crippen molar-refractivity contribution in [2.45, 2.75) is 24.4 Å². The Kier molecular flexibility index (Phi) is 4.33. The molecule has 108 valence electrons. The SMILES string of the molecule is CCn1c(SCc2ccc(Cl)s2)nc2ccccc2c1=O. The zero-order chi connectivity index (χ0) is 14.8. The fraction of sp³-hybridized carbons (Fsp3) is 0.200. The molecule has 6 heteroatoms. The fourth-order valence-corrected chi connectivity index (χ4v) is 4.30. The summed E-state index contributed by atoms with van der Waals surface area (Å²) in [5.41, 5.74) is 0.772. The summed E-state index contributed by atoms with van der Waals surface area (Å²) in [6, 6.07) is 11.4. The largest absolute Gasteiger partial charge is 0.287 e. The van der Waals surface area contributed by atoms with Crippen LogP contribution in [-0.4, -0.2) is 9.55 Å². The molecule has 0 aliphatic carbocycles. The third-order valence-electron chi connectivity index (χ3n) is 3.12. The first-order valence-electron chi connectivity index (χ1n) is 6.55. The van der Waals surface area contributed by atoms with Crippen molar-refractivity contribution in [3.8, 4) is 0 Å². The molecule has 3 aromatic rings. The average Bonchev–Trinajstić information content (AvgIpc) is 2.91. The number of para-hydroxylation sites is 1. The van der Waals surface area contributed by atoms with E-state index >= 15 is 0 Å². The number of thiophene rings is 1. The maximum absolute atomic E-state index is 12.5. The molecule has 0 spiro atoms. The van der Waals surface area contributed by atoms with Crippen molar-refractivity contribution >= 4 is 45.6 Å². The lowest BCUT2D eigenvalue weighted by molar-refractivity contribution is 0.634. The zero-order valence-corrected chi connectivity index (χ0v) is 13.8. The molecular weight excluding hydrogens is 324 g/mol. The van der Waals surface area contributed by atoms with Crippen LogP contribution >= 0.6 is 34.7 Å². The first-order chi connectivity index (χ1) is 10.2. The first kappa shape index (κ1) is 14.6. The Hall–Kier alpha value is -1.30. The van der Waals surface area contributed by atoms with Crippen LogP contribution in [0.1, 0.15) is 11.8 Å². The summed E-state index contributed by atoms with van der Waals surface area (Å²) in [5, 5.41) is 1.42. The van der Waals surface area contributed by atoms with E-state index in [0.29, 0.717) is 11.9 Å². The minimum absolute atomic E-state index is 0.0230. The number of aromatic nitrogens is 2. The Morgan fingerprint density at radius 3 is 2.81 bits per heavy atom. The number of halogens is 1. The summed E-state index contributed by atoms with van der Waals surface area (Å²) >= 11 is 9.07. The maximum atomic E-state index is 12.5. The lowest BCUT2D eigenvalue weighted by atomic mass is 10.2. The van der Waals surface area contributed by atoms with Gasteiger partial charge < -0.3 is 0 Å². The fourth-order valence-electron chi connectivity index (χ4n) is 2.10. The van der Waals surface area contributed by atoms with Gasteiger partial charge in [0.05, 0.1) is 15.2 Å². The van der Waals surface area contributed by atoms with Crippen LogP contribution in [0.25, 0.3) is 10.9 Å². The van der Waals surface area contributed by atoms with Crippen LogP contribution in [0.4, 0.5) is 0 Å². The van der Waals surface area contributed by atoms with Crippen LogP contribution in [0.2, 0.25) is 4.34 Å². The predicted molar refractivity (Wildman–Crippen MR) is 90.6 cm³/mol. The highest BCUT2D eigenvalue weighted by atomic mass is 35.5. The standard InChI is InChI=1S/C15H13ClN2OS2/c1-2-18-14(19)11-5-3-4-6-12(11)17-15(18)20-9-10-7-8-13(16)21-10/h3-8H,2,9H2,1H3. The molecule has 0 aliphatic rings. The molecule has 0 aliphatic heterocycles. The average molecular weight is 337 g/mol. The normalized spacial score (nSPS) is 11.1. The molecule has 0 bridgehead atoms. The molecule has 0 saturated carbocycles. The Morgan fingerprint density at radius 1 is 1.29 bits per heavy atom. The highest BCUT2D eigenvalue weighted by molar-refractivity contribution is 7.98. The minimum Gasteiger partial charge on any atom is -0.287 e. The summed E-state index contributed by atoms with van der Waals surface area (Å²) in [6.45, 7) is 2.58. The highest BCUT2D eigenvalue weighted by Crippen LogP contribution is 2.28. The molecule has 0 amide bonds. The second kappa shape index (κ2) is 6.22. The van der Waals surface area contributed by atoms with E-state index in [2.05, 4.69) is 4.98 Å². The first-order valence-corrected chi connectivity index (χ1v) is 8.73. The van der Waals surface area contributed by atoms with E-state index in [1.54, 1.807) is 27.7 Å². The van der Waals surface area contributed by atoms with Gasteiger partial charge in [0.15, 0.2) is 5.16 Å².